The lowest BCUT2D eigenvalue weighted by atomic mass is 9.74. The molecule has 0 spiro atoms. The van der Waals surface area contributed by atoms with E-state index in [0.29, 0.717) is 0 Å². The summed E-state index contributed by atoms with van der Waals surface area (Å²) in [4.78, 5) is 0. The van der Waals surface area contributed by atoms with Crippen molar-refractivity contribution in [2.24, 2.45) is 5.41 Å². The van der Waals surface area contributed by atoms with Gasteiger partial charge in [0.05, 0.1) is 0 Å². The summed E-state index contributed by atoms with van der Waals surface area (Å²) in [7, 11) is 0. The summed E-state index contributed by atoms with van der Waals surface area (Å²) in [6, 6.07) is 0. The molecule has 0 amide bonds. The van der Waals surface area contributed by atoms with Crippen LogP contribution in [0.5, 0.6) is 0 Å². The van der Waals surface area contributed by atoms with E-state index < -0.39 is 5.67 Å². The van der Waals surface area contributed by atoms with E-state index in [-0.39, 0.29) is 5.41 Å². The van der Waals surface area contributed by atoms with E-state index in [9.17, 15) is 4.39 Å². The van der Waals surface area contributed by atoms with Crippen LogP contribution in [-0.4, -0.2) is 5.67 Å². The van der Waals surface area contributed by atoms with Crippen molar-refractivity contribution in [2.45, 2.75) is 84.2 Å². The molecule has 90 valence electrons. The maximum Gasteiger partial charge on any atom is 0.116 e. The Morgan fingerprint density at radius 1 is 1.00 bits per heavy atom. The number of hydrogen-bond acceptors (Lipinski definition) is 0. The summed E-state index contributed by atoms with van der Waals surface area (Å²) in [6.45, 7) is 6.58. The molecule has 1 atom stereocenters. The van der Waals surface area contributed by atoms with Crippen LogP contribution in [0.25, 0.3) is 0 Å². The van der Waals surface area contributed by atoms with Crippen LogP contribution in [0.15, 0.2) is 0 Å². The first-order valence-corrected chi connectivity index (χ1v) is 6.77. The Balaban J connectivity index is 2.36. The molecule has 0 heterocycles. The van der Waals surface area contributed by atoms with Gasteiger partial charge in [-0.05, 0) is 25.7 Å². The Morgan fingerprint density at radius 3 is 2.13 bits per heavy atom. The third-order valence-electron chi connectivity index (χ3n) is 4.15. The monoisotopic (exact) mass is 214 g/mol. The Kier molecular flexibility index (Phi) is 4.61. The third kappa shape index (κ3) is 3.19. The van der Waals surface area contributed by atoms with Crippen molar-refractivity contribution in [3.63, 3.8) is 0 Å². The van der Waals surface area contributed by atoms with E-state index in [0.717, 1.165) is 32.1 Å². The molecule has 1 rings (SSSR count). The Hall–Kier alpha value is -0.0700. The number of alkyl halides is 1. The average molecular weight is 214 g/mol. The maximum atomic E-state index is 14.2. The summed E-state index contributed by atoms with van der Waals surface area (Å²) in [5, 5.41) is 0. The second-order valence-corrected chi connectivity index (χ2v) is 5.59. The number of rotatable bonds is 8. The highest BCUT2D eigenvalue weighted by molar-refractivity contribution is 5.06. The minimum Gasteiger partial charge on any atom is -0.243 e. The SMILES string of the molecule is CCCCCCC(C)(CCC)C1(F)CC1. The van der Waals surface area contributed by atoms with E-state index in [1.807, 2.05) is 0 Å². The molecular weight excluding hydrogens is 187 g/mol. The molecule has 0 N–H and O–H groups in total. The second kappa shape index (κ2) is 5.32. The zero-order valence-electron chi connectivity index (χ0n) is 10.7. The van der Waals surface area contributed by atoms with E-state index in [1.165, 1.54) is 25.7 Å². The van der Waals surface area contributed by atoms with Crippen molar-refractivity contribution >= 4 is 0 Å². The summed E-state index contributed by atoms with van der Waals surface area (Å²) in [6.07, 6.45) is 9.99. The lowest BCUT2D eigenvalue weighted by molar-refractivity contribution is 0.0756. The average Bonchev–Trinajstić information content (AvgIpc) is 2.94. The van der Waals surface area contributed by atoms with Crippen LogP contribution < -0.4 is 0 Å². The molecule has 1 fully saturated rings. The normalized spacial score (nSPS) is 22.4. The van der Waals surface area contributed by atoms with Gasteiger partial charge in [0.2, 0.25) is 0 Å². The Bertz CT molecular complexity index is 184. The largest absolute Gasteiger partial charge is 0.243 e. The van der Waals surface area contributed by atoms with Crippen molar-refractivity contribution in [1.82, 2.24) is 0 Å². The van der Waals surface area contributed by atoms with Crippen LogP contribution in [0.1, 0.15) is 78.6 Å². The van der Waals surface area contributed by atoms with Crippen molar-refractivity contribution < 1.29 is 4.39 Å². The molecule has 0 aromatic carbocycles. The number of unbranched alkanes of at least 4 members (excludes halogenated alkanes) is 3. The molecule has 0 aliphatic heterocycles. The fourth-order valence-corrected chi connectivity index (χ4v) is 2.78. The molecule has 0 nitrogen and oxygen atoms in total. The highest BCUT2D eigenvalue weighted by Crippen LogP contribution is 2.57. The van der Waals surface area contributed by atoms with Crippen molar-refractivity contribution in [2.75, 3.05) is 0 Å². The predicted molar refractivity (Wildman–Crippen MR) is 64.8 cm³/mol. The smallest absolute Gasteiger partial charge is 0.116 e. The first-order valence-electron chi connectivity index (χ1n) is 6.77. The Morgan fingerprint density at radius 2 is 1.67 bits per heavy atom. The molecule has 0 radical (unpaired) electrons. The van der Waals surface area contributed by atoms with Crippen LogP contribution in [0.3, 0.4) is 0 Å². The zero-order chi connectivity index (χ0) is 11.4. The lowest BCUT2D eigenvalue weighted by Gasteiger charge is -2.33. The van der Waals surface area contributed by atoms with Gasteiger partial charge in [0, 0.05) is 5.41 Å². The highest BCUT2D eigenvalue weighted by Gasteiger charge is 2.56. The summed E-state index contributed by atoms with van der Waals surface area (Å²) in [5.74, 6) is 0. The molecule has 1 aliphatic rings. The summed E-state index contributed by atoms with van der Waals surface area (Å²) < 4.78 is 14.2. The van der Waals surface area contributed by atoms with Crippen LogP contribution in [0, 0.1) is 5.41 Å². The number of halogens is 1. The molecule has 0 bridgehead atoms. The van der Waals surface area contributed by atoms with Crippen LogP contribution in [-0.2, 0) is 0 Å². The predicted octanol–water partition coefficient (Wildman–Crippen LogP) is 5.27. The van der Waals surface area contributed by atoms with Gasteiger partial charge in [-0.25, -0.2) is 4.39 Å². The molecule has 0 aromatic heterocycles. The quantitative estimate of drug-likeness (QED) is 0.483. The van der Waals surface area contributed by atoms with Crippen molar-refractivity contribution in [1.29, 1.82) is 0 Å². The van der Waals surface area contributed by atoms with E-state index in [4.69, 9.17) is 0 Å². The number of hydrogen-bond donors (Lipinski definition) is 0. The lowest BCUT2D eigenvalue weighted by Crippen LogP contribution is -2.30. The first-order chi connectivity index (χ1) is 7.08. The van der Waals surface area contributed by atoms with Gasteiger partial charge >= 0.3 is 0 Å². The van der Waals surface area contributed by atoms with Crippen LogP contribution in [0.4, 0.5) is 4.39 Å². The molecule has 0 aromatic rings. The third-order valence-corrected chi connectivity index (χ3v) is 4.15. The molecule has 1 heteroatoms. The fourth-order valence-electron chi connectivity index (χ4n) is 2.78. The highest BCUT2D eigenvalue weighted by atomic mass is 19.1. The minimum absolute atomic E-state index is 0.0184. The van der Waals surface area contributed by atoms with Gasteiger partial charge in [0.15, 0.2) is 0 Å². The molecule has 1 aliphatic carbocycles. The summed E-state index contributed by atoms with van der Waals surface area (Å²) in [5.41, 5.74) is -0.815. The van der Waals surface area contributed by atoms with Gasteiger partial charge in [-0.1, -0.05) is 52.9 Å². The maximum absolute atomic E-state index is 14.2. The minimum atomic E-state index is -0.796. The van der Waals surface area contributed by atoms with Crippen LogP contribution >= 0.6 is 0 Å². The Labute approximate surface area is 94.6 Å². The second-order valence-electron chi connectivity index (χ2n) is 5.59. The molecular formula is C14H27F. The van der Waals surface area contributed by atoms with Gasteiger partial charge in [-0.15, -0.1) is 0 Å². The van der Waals surface area contributed by atoms with Gasteiger partial charge < -0.3 is 0 Å². The standard InChI is InChI=1S/C14H27F/c1-4-6-7-8-10-13(3,9-5-2)14(15)11-12-14/h4-12H2,1-3H3. The van der Waals surface area contributed by atoms with E-state index in [1.54, 1.807) is 0 Å². The van der Waals surface area contributed by atoms with Crippen molar-refractivity contribution in [3.05, 3.63) is 0 Å². The summed E-state index contributed by atoms with van der Waals surface area (Å²) >= 11 is 0. The molecule has 0 saturated heterocycles. The van der Waals surface area contributed by atoms with Crippen molar-refractivity contribution in [3.8, 4) is 0 Å². The fraction of sp³-hybridized carbons (Fsp3) is 1.00. The van der Waals surface area contributed by atoms with Gasteiger partial charge in [0.25, 0.3) is 0 Å². The zero-order valence-corrected chi connectivity index (χ0v) is 10.7. The van der Waals surface area contributed by atoms with E-state index >= 15 is 0 Å². The van der Waals surface area contributed by atoms with Crippen LogP contribution in [0.2, 0.25) is 0 Å². The topological polar surface area (TPSA) is 0 Å². The first kappa shape index (κ1) is 13.0. The van der Waals surface area contributed by atoms with Gasteiger partial charge in [-0.3, -0.25) is 0 Å². The van der Waals surface area contributed by atoms with Gasteiger partial charge in [-0.2, -0.15) is 0 Å². The molecule has 1 saturated carbocycles. The molecule has 15 heavy (non-hydrogen) atoms. The van der Waals surface area contributed by atoms with E-state index in [2.05, 4.69) is 20.8 Å². The molecule has 1 unspecified atom stereocenters. The van der Waals surface area contributed by atoms with Gasteiger partial charge in [0.1, 0.15) is 5.67 Å².